The predicted molar refractivity (Wildman–Crippen MR) is 104 cm³/mol. The Hall–Kier alpha value is -2.84. The molecule has 0 aliphatic rings. The first kappa shape index (κ1) is 19.5. The van der Waals surface area contributed by atoms with Crippen LogP contribution >= 0.6 is 11.6 Å². The molecule has 0 radical (unpaired) electrons. The van der Waals surface area contributed by atoms with Crippen molar-refractivity contribution >= 4 is 22.5 Å². The van der Waals surface area contributed by atoms with Gasteiger partial charge in [-0.3, -0.25) is 4.68 Å². The first-order valence-corrected chi connectivity index (χ1v) is 9.32. The Balaban J connectivity index is 1.87. The minimum atomic E-state index is -1.79. The summed E-state index contributed by atoms with van der Waals surface area (Å²) >= 11 is 6.11. The molecule has 6 nitrogen and oxygen atoms in total. The fourth-order valence-corrected chi connectivity index (χ4v) is 3.80. The second-order valence-corrected chi connectivity index (χ2v) is 7.45. The highest BCUT2D eigenvalue weighted by Crippen LogP contribution is 2.38. The molecule has 2 heterocycles. The van der Waals surface area contributed by atoms with Gasteiger partial charge in [-0.05, 0) is 38.1 Å². The van der Waals surface area contributed by atoms with Crippen molar-refractivity contribution in [3.05, 3.63) is 77.0 Å². The SMILES string of the molecule is Cc1c2cc(Cl)ccc2nn1[C@H](C)[C@](O)(Cn1cncn1)c1ccc(F)cc1F. The molecule has 4 rings (SSSR count). The van der Waals surface area contributed by atoms with E-state index in [1.54, 1.807) is 29.8 Å². The molecule has 0 unspecified atom stereocenters. The maximum absolute atomic E-state index is 14.7. The molecule has 29 heavy (non-hydrogen) atoms. The molecule has 0 amide bonds. The Kier molecular flexibility index (Phi) is 4.84. The monoisotopic (exact) mass is 417 g/mol. The lowest BCUT2D eigenvalue weighted by Gasteiger charge is -2.35. The van der Waals surface area contributed by atoms with Crippen LogP contribution in [0.3, 0.4) is 0 Å². The number of halogens is 3. The van der Waals surface area contributed by atoms with Gasteiger partial charge in [0.1, 0.15) is 29.9 Å². The van der Waals surface area contributed by atoms with E-state index in [1.165, 1.54) is 23.4 Å². The van der Waals surface area contributed by atoms with Crippen LogP contribution in [0.5, 0.6) is 0 Å². The van der Waals surface area contributed by atoms with Gasteiger partial charge in [-0.1, -0.05) is 17.7 Å². The Morgan fingerprint density at radius 2 is 2.00 bits per heavy atom. The largest absolute Gasteiger partial charge is 0.381 e. The van der Waals surface area contributed by atoms with Crippen molar-refractivity contribution < 1.29 is 13.9 Å². The van der Waals surface area contributed by atoms with Crippen molar-refractivity contribution in [2.45, 2.75) is 32.0 Å². The van der Waals surface area contributed by atoms with Crippen LogP contribution in [0, 0.1) is 18.6 Å². The Morgan fingerprint density at radius 1 is 1.21 bits per heavy atom. The van der Waals surface area contributed by atoms with E-state index in [9.17, 15) is 13.9 Å². The Labute approximate surface area is 170 Å². The van der Waals surface area contributed by atoms with Crippen LogP contribution in [0.25, 0.3) is 10.9 Å². The van der Waals surface area contributed by atoms with E-state index in [0.717, 1.165) is 23.2 Å². The number of aliphatic hydroxyl groups is 1. The Morgan fingerprint density at radius 3 is 2.69 bits per heavy atom. The van der Waals surface area contributed by atoms with Crippen molar-refractivity contribution in [1.29, 1.82) is 0 Å². The zero-order chi connectivity index (χ0) is 20.8. The summed E-state index contributed by atoms with van der Waals surface area (Å²) in [5, 5.41) is 21.7. The lowest BCUT2D eigenvalue weighted by atomic mass is 9.86. The summed E-state index contributed by atoms with van der Waals surface area (Å²) in [5.41, 5.74) is -0.392. The number of hydrogen-bond donors (Lipinski definition) is 1. The zero-order valence-electron chi connectivity index (χ0n) is 15.7. The van der Waals surface area contributed by atoms with Crippen molar-refractivity contribution in [2.75, 3.05) is 0 Å². The van der Waals surface area contributed by atoms with Crippen LogP contribution in [-0.4, -0.2) is 29.7 Å². The topological polar surface area (TPSA) is 68.8 Å². The summed E-state index contributed by atoms with van der Waals surface area (Å²) in [6.07, 6.45) is 2.74. The van der Waals surface area contributed by atoms with Crippen LogP contribution in [0.1, 0.15) is 24.2 Å². The average molecular weight is 418 g/mol. The third-order valence-electron chi connectivity index (χ3n) is 5.23. The second-order valence-electron chi connectivity index (χ2n) is 7.01. The van der Waals surface area contributed by atoms with Crippen LogP contribution in [0.15, 0.2) is 49.1 Å². The number of aryl methyl sites for hydroxylation is 1. The molecule has 2 aromatic heterocycles. The van der Waals surface area contributed by atoms with Crippen molar-refractivity contribution in [2.24, 2.45) is 0 Å². The van der Waals surface area contributed by atoms with E-state index in [1.807, 2.05) is 6.92 Å². The maximum atomic E-state index is 14.7. The minimum Gasteiger partial charge on any atom is -0.381 e. The van der Waals surface area contributed by atoms with Gasteiger partial charge in [-0.25, -0.2) is 18.4 Å². The first-order chi connectivity index (χ1) is 13.8. The van der Waals surface area contributed by atoms with Crippen molar-refractivity contribution in [3.8, 4) is 0 Å². The lowest BCUT2D eigenvalue weighted by molar-refractivity contribution is -0.0372. The number of rotatable bonds is 5. The predicted octanol–water partition coefficient (Wildman–Crippen LogP) is 4.02. The molecular formula is C20H18ClF2N5O. The van der Waals surface area contributed by atoms with E-state index in [4.69, 9.17) is 11.6 Å². The number of benzene rings is 2. The van der Waals surface area contributed by atoms with E-state index in [2.05, 4.69) is 15.2 Å². The number of nitrogens with zero attached hydrogens (tertiary/aromatic N) is 5. The average Bonchev–Trinajstić information content (AvgIpc) is 3.29. The van der Waals surface area contributed by atoms with Gasteiger partial charge in [0.2, 0.25) is 0 Å². The highest BCUT2D eigenvalue weighted by atomic mass is 35.5. The first-order valence-electron chi connectivity index (χ1n) is 8.94. The molecule has 0 spiro atoms. The fourth-order valence-electron chi connectivity index (χ4n) is 3.62. The normalized spacial score (nSPS) is 14.8. The summed E-state index contributed by atoms with van der Waals surface area (Å²) in [6.45, 7) is 3.46. The van der Waals surface area contributed by atoms with Gasteiger partial charge in [-0.2, -0.15) is 10.2 Å². The van der Waals surface area contributed by atoms with E-state index >= 15 is 0 Å². The molecule has 0 aliphatic carbocycles. The highest BCUT2D eigenvalue weighted by molar-refractivity contribution is 6.31. The summed E-state index contributed by atoms with van der Waals surface area (Å²) < 4.78 is 31.2. The number of fused-ring (bicyclic) bond motifs is 1. The van der Waals surface area contributed by atoms with Gasteiger partial charge in [0.05, 0.1) is 18.1 Å². The molecule has 0 bridgehead atoms. The molecular weight excluding hydrogens is 400 g/mol. The molecule has 2 atom stereocenters. The van der Waals surface area contributed by atoms with Crippen LogP contribution in [0.4, 0.5) is 8.78 Å². The standard InChI is InChI=1S/C20H18ClF2N5O/c1-12-16-7-14(21)3-6-19(16)26-28(12)13(2)20(29,9-27-11-24-10-25-27)17-5-4-15(22)8-18(17)23/h3-8,10-11,13,29H,9H2,1-2H3/t13-,20-/m1/s1. The van der Waals surface area contributed by atoms with Gasteiger partial charge >= 0.3 is 0 Å². The van der Waals surface area contributed by atoms with Gasteiger partial charge in [0.15, 0.2) is 0 Å². The van der Waals surface area contributed by atoms with Gasteiger partial charge in [0, 0.05) is 27.7 Å². The summed E-state index contributed by atoms with van der Waals surface area (Å²) in [5.74, 6) is -1.57. The Bertz CT molecular complexity index is 1180. The highest BCUT2D eigenvalue weighted by Gasteiger charge is 2.41. The second kappa shape index (κ2) is 7.20. The van der Waals surface area contributed by atoms with Crippen LogP contribution in [-0.2, 0) is 12.1 Å². The van der Waals surface area contributed by atoms with Gasteiger partial charge in [0.25, 0.3) is 0 Å². The van der Waals surface area contributed by atoms with E-state index in [-0.39, 0.29) is 12.1 Å². The lowest BCUT2D eigenvalue weighted by Crippen LogP contribution is -2.41. The van der Waals surface area contributed by atoms with Crippen molar-refractivity contribution in [3.63, 3.8) is 0 Å². The molecule has 0 fully saturated rings. The quantitative estimate of drug-likeness (QED) is 0.532. The van der Waals surface area contributed by atoms with Crippen LogP contribution in [0.2, 0.25) is 5.02 Å². The summed E-state index contributed by atoms with van der Waals surface area (Å²) in [7, 11) is 0. The fraction of sp³-hybridized carbons (Fsp3) is 0.250. The third kappa shape index (κ3) is 3.38. The van der Waals surface area contributed by atoms with Crippen LogP contribution < -0.4 is 0 Å². The maximum Gasteiger partial charge on any atom is 0.137 e. The molecule has 0 saturated heterocycles. The molecule has 1 N–H and O–H groups in total. The molecule has 0 saturated carbocycles. The molecule has 150 valence electrons. The minimum absolute atomic E-state index is 0.0566. The summed E-state index contributed by atoms with van der Waals surface area (Å²) in [4.78, 5) is 3.88. The van der Waals surface area contributed by atoms with E-state index in [0.29, 0.717) is 10.5 Å². The zero-order valence-corrected chi connectivity index (χ0v) is 16.5. The molecule has 4 aromatic rings. The molecule has 0 aliphatic heterocycles. The van der Waals surface area contributed by atoms with Gasteiger partial charge in [-0.15, -0.1) is 0 Å². The third-order valence-corrected chi connectivity index (χ3v) is 5.47. The number of aromatic nitrogens is 5. The van der Waals surface area contributed by atoms with E-state index < -0.39 is 23.3 Å². The smallest absolute Gasteiger partial charge is 0.137 e. The van der Waals surface area contributed by atoms with Crippen molar-refractivity contribution in [1.82, 2.24) is 24.5 Å². The molecule has 9 heteroatoms. The summed E-state index contributed by atoms with van der Waals surface area (Å²) in [6, 6.07) is 7.68. The number of hydrogen-bond acceptors (Lipinski definition) is 4. The molecule has 2 aromatic carbocycles. The van der Waals surface area contributed by atoms with Gasteiger partial charge < -0.3 is 5.11 Å².